The van der Waals surface area contributed by atoms with E-state index in [0.717, 1.165) is 19.6 Å². The molecule has 1 atom stereocenters. The monoisotopic (exact) mass is 238 g/mol. The molecule has 0 spiro atoms. The molecule has 2 rings (SSSR count). The lowest BCUT2D eigenvalue weighted by molar-refractivity contribution is -0.132. The number of amides is 1. The van der Waals surface area contributed by atoms with Crippen LogP contribution in [0.3, 0.4) is 0 Å². The van der Waals surface area contributed by atoms with Gasteiger partial charge in [0.2, 0.25) is 5.91 Å². The van der Waals surface area contributed by atoms with Gasteiger partial charge in [0, 0.05) is 32.1 Å². The van der Waals surface area contributed by atoms with Crippen molar-refractivity contribution in [3.8, 4) is 0 Å². The van der Waals surface area contributed by atoms with Gasteiger partial charge in [0.05, 0.1) is 0 Å². The molecular formula is C14H26N2O. The number of hydrogen-bond acceptors (Lipinski definition) is 2. The van der Waals surface area contributed by atoms with Gasteiger partial charge in [-0.2, -0.15) is 0 Å². The van der Waals surface area contributed by atoms with E-state index in [1.54, 1.807) is 0 Å². The number of rotatable bonds is 5. The highest BCUT2D eigenvalue weighted by molar-refractivity contribution is 5.76. The topological polar surface area (TPSA) is 32.3 Å². The fraction of sp³-hybridized carbons (Fsp3) is 0.929. The first kappa shape index (κ1) is 12.9. The molecule has 0 aromatic heterocycles. The van der Waals surface area contributed by atoms with Crippen LogP contribution in [0.25, 0.3) is 0 Å². The number of likely N-dealkylation sites (tertiary alicyclic amines) is 1. The highest BCUT2D eigenvalue weighted by Crippen LogP contribution is 2.47. The van der Waals surface area contributed by atoms with Gasteiger partial charge in [0.15, 0.2) is 0 Å². The summed E-state index contributed by atoms with van der Waals surface area (Å²) in [6, 6.07) is 0.552. The van der Waals surface area contributed by atoms with E-state index in [1.807, 2.05) is 4.90 Å². The van der Waals surface area contributed by atoms with Gasteiger partial charge in [-0.05, 0) is 44.4 Å². The van der Waals surface area contributed by atoms with E-state index >= 15 is 0 Å². The van der Waals surface area contributed by atoms with Gasteiger partial charge in [0.1, 0.15) is 0 Å². The molecule has 1 aliphatic carbocycles. The predicted molar refractivity (Wildman–Crippen MR) is 69.9 cm³/mol. The average Bonchev–Trinajstić information content (AvgIpc) is 3.09. The Labute approximate surface area is 105 Å². The number of piperidine rings is 1. The van der Waals surface area contributed by atoms with Crippen molar-refractivity contribution in [3.63, 3.8) is 0 Å². The van der Waals surface area contributed by atoms with Crippen molar-refractivity contribution in [3.05, 3.63) is 0 Å². The molecule has 17 heavy (non-hydrogen) atoms. The third-order valence-corrected chi connectivity index (χ3v) is 4.58. The number of hydrogen-bond donors (Lipinski definition) is 1. The number of carbonyl (C=O) groups excluding carboxylic acids is 1. The fourth-order valence-electron chi connectivity index (χ4n) is 2.57. The maximum atomic E-state index is 11.9. The van der Waals surface area contributed by atoms with Crippen molar-refractivity contribution in [1.82, 2.24) is 10.2 Å². The minimum Gasteiger partial charge on any atom is -0.343 e. The number of nitrogens with one attached hydrogen (secondary N) is 1. The van der Waals surface area contributed by atoms with Crippen molar-refractivity contribution in [2.45, 2.75) is 58.4 Å². The highest BCUT2D eigenvalue weighted by atomic mass is 16.2. The molecule has 1 saturated carbocycles. The summed E-state index contributed by atoms with van der Waals surface area (Å²) in [5.41, 5.74) is 0.508. The van der Waals surface area contributed by atoms with Crippen LogP contribution in [0.15, 0.2) is 0 Å². The van der Waals surface area contributed by atoms with Gasteiger partial charge in [-0.25, -0.2) is 0 Å². The number of carbonyl (C=O) groups is 1. The van der Waals surface area contributed by atoms with Crippen LogP contribution >= 0.6 is 0 Å². The molecule has 1 heterocycles. The molecular weight excluding hydrogens is 212 g/mol. The van der Waals surface area contributed by atoms with Crippen LogP contribution in [0.2, 0.25) is 0 Å². The van der Waals surface area contributed by atoms with Crippen LogP contribution in [-0.2, 0) is 4.79 Å². The second kappa shape index (κ2) is 5.38. The molecule has 0 aromatic carbocycles. The van der Waals surface area contributed by atoms with Crippen molar-refractivity contribution in [2.75, 3.05) is 19.6 Å². The molecule has 1 amide bonds. The fourth-order valence-corrected chi connectivity index (χ4v) is 2.57. The van der Waals surface area contributed by atoms with E-state index in [4.69, 9.17) is 0 Å². The second-order valence-electron chi connectivity index (χ2n) is 6.02. The lowest BCUT2D eigenvalue weighted by Gasteiger charge is -2.27. The van der Waals surface area contributed by atoms with Crippen LogP contribution in [0.4, 0.5) is 0 Å². The smallest absolute Gasteiger partial charge is 0.223 e. The summed E-state index contributed by atoms with van der Waals surface area (Å²) in [4.78, 5) is 14.0. The zero-order valence-corrected chi connectivity index (χ0v) is 11.3. The Morgan fingerprint density at radius 3 is 2.53 bits per heavy atom. The Bertz CT molecular complexity index is 267. The Morgan fingerprint density at radius 1 is 1.29 bits per heavy atom. The molecule has 0 bridgehead atoms. The molecule has 3 nitrogen and oxygen atoms in total. The third kappa shape index (κ3) is 3.44. The van der Waals surface area contributed by atoms with Gasteiger partial charge in [0.25, 0.3) is 0 Å². The van der Waals surface area contributed by atoms with E-state index < -0.39 is 0 Å². The summed E-state index contributed by atoms with van der Waals surface area (Å²) in [5.74, 6) is 0.338. The average molecular weight is 238 g/mol. The highest BCUT2D eigenvalue weighted by Gasteiger charge is 2.42. The van der Waals surface area contributed by atoms with Gasteiger partial charge in [-0.15, -0.1) is 0 Å². The van der Waals surface area contributed by atoms with Crippen LogP contribution in [0.1, 0.15) is 52.4 Å². The van der Waals surface area contributed by atoms with Crippen molar-refractivity contribution in [2.24, 2.45) is 5.41 Å². The van der Waals surface area contributed by atoms with Crippen molar-refractivity contribution >= 4 is 5.91 Å². The summed E-state index contributed by atoms with van der Waals surface area (Å²) in [7, 11) is 0. The minimum atomic E-state index is 0.338. The summed E-state index contributed by atoms with van der Waals surface area (Å²) in [6.45, 7) is 7.37. The molecule has 98 valence electrons. The third-order valence-electron chi connectivity index (χ3n) is 4.58. The maximum Gasteiger partial charge on any atom is 0.223 e. The zero-order valence-electron chi connectivity index (χ0n) is 11.3. The van der Waals surface area contributed by atoms with E-state index in [0.29, 0.717) is 23.8 Å². The summed E-state index contributed by atoms with van der Waals surface area (Å²) in [5, 5.41) is 3.51. The van der Waals surface area contributed by atoms with Crippen LogP contribution < -0.4 is 5.32 Å². The van der Waals surface area contributed by atoms with E-state index in [1.165, 1.54) is 32.1 Å². The number of nitrogens with zero attached hydrogens (tertiary/aromatic N) is 1. The first-order valence-electron chi connectivity index (χ1n) is 7.13. The first-order valence-corrected chi connectivity index (χ1v) is 7.13. The molecule has 2 aliphatic rings. The predicted octanol–water partition coefficient (Wildman–Crippen LogP) is 2.17. The Balaban J connectivity index is 1.62. The molecule has 0 aromatic rings. The van der Waals surface area contributed by atoms with E-state index in [9.17, 15) is 4.79 Å². The van der Waals surface area contributed by atoms with Crippen LogP contribution in [-0.4, -0.2) is 36.5 Å². The molecule has 3 heteroatoms. The standard InChI is InChI=1S/C14H26N2O/c1-12(14(2)7-8-14)15-9-6-13(17)16-10-4-3-5-11-16/h12,15H,3-11H2,1-2H3. The summed E-state index contributed by atoms with van der Waals surface area (Å²) in [6.07, 6.45) is 7.00. The maximum absolute atomic E-state index is 11.9. The lowest BCUT2D eigenvalue weighted by atomic mass is 10.0. The van der Waals surface area contributed by atoms with Crippen molar-refractivity contribution < 1.29 is 4.79 Å². The molecule has 1 aliphatic heterocycles. The van der Waals surface area contributed by atoms with E-state index in [2.05, 4.69) is 19.2 Å². The Hall–Kier alpha value is -0.570. The summed E-state index contributed by atoms with van der Waals surface area (Å²) >= 11 is 0. The quantitative estimate of drug-likeness (QED) is 0.796. The summed E-state index contributed by atoms with van der Waals surface area (Å²) < 4.78 is 0. The van der Waals surface area contributed by atoms with Crippen LogP contribution in [0.5, 0.6) is 0 Å². The lowest BCUT2D eigenvalue weighted by Crippen LogP contribution is -2.39. The SMILES string of the molecule is CC(NCCC(=O)N1CCCCC1)C1(C)CC1. The minimum absolute atomic E-state index is 0.338. The largest absolute Gasteiger partial charge is 0.343 e. The Morgan fingerprint density at radius 2 is 1.94 bits per heavy atom. The molecule has 1 N–H and O–H groups in total. The molecule has 1 unspecified atom stereocenters. The van der Waals surface area contributed by atoms with Crippen molar-refractivity contribution in [1.29, 1.82) is 0 Å². The first-order chi connectivity index (χ1) is 8.12. The molecule has 2 fully saturated rings. The van der Waals surface area contributed by atoms with E-state index in [-0.39, 0.29) is 0 Å². The normalized spacial score (nSPS) is 24.5. The van der Waals surface area contributed by atoms with Gasteiger partial charge < -0.3 is 10.2 Å². The van der Waals surface area contributed by atoms with Crippen LogP contribution in [0, 0.1) is 5.41 Å². The second-order valence-corrected chi connectivity index (χ2v) is 6.02. The van der Waals surface area contributed by atoms with Gasteiger partial charge in [-0.3, -0.25) is 4.79 Å². The van der Waals surface area contributed by atoms with Gasteiger partial charge >= 0.3 is 0 Å². The molecule has 1 saturated heterocycles. The van der Waals surface area contributed by atoms with Gasteiger partial charge in [-0.1, -0.05) is 6.92 Å². The molecule has 0 radical (unpaired) electrons. The zero-order chi connectivity index (χ0) is 12.3. The Kier molecular flexibility index (Phi) is 4.08.